The molecule has 0 aromatic heterocycles. The van der Waals surface area contributed by atoms with Crippen LogP contribution in [-0.2, 0) is 10.5 Å². The molecule has 4 nitrogen and oxygen atoms in total. The van der Waals surface area contributed by atoms with Gasteiger partial charge in [-0.05, 0) is 23.8 Å². The van der Waals surface area contributed by atoms with E-state index in [1.54, 1.807) is 48.2 Å². The second-order valence-electron chi connectivity index (χ2n) is 4.75. The van der Waals surface area contributed by atoms with Gasteiger partial charge < -0.3 is 15.2 Å². The van der Waals surface area contributed by atoms with E-state index in [1.165, 1.54) is 12.1 Å². The van der Waals surface area contributed by atoms with Gasteiger partial charge in [-0.2, -0.15) is 11.8 Å². The molecule has 0 saturated heterocycles. The summed E-state index contributed by atoms with van der Waals surface area (Å²) < 4.78 is 18.6. The summed E-state index contributed by atoms with van der Waals surface area (Å²) in [4.78, 5) is 11.6. The highest BCUT2D eigenvalue weighted by molar-refractivity contribution is 7.98. The number of aromatic hydroxyl groups is 1. The van der Waals surface area contributed by atoms with E-state index in [1.807, 2.05) is 0 Å². The second-order valence-corrected chi connectivity index (χ2v) is 5.86. The Morgan fingerprint density at radius 1 is 1.17 bits per heavy atom. The molecule has 2 rings (SSSR count). The first-order valence-corrected chi connectivity index (χ1v) is 8.31. The Kier molecular flexibility index (Phi) is 6.75. The summed E-state index contributed by atoms with van der Waals surface area (Å²) >= 11 is 1.54. The van der Waals surface area contributed by atoms with Gasteiger partial charge in [0.25, 0.3) is 5.91 Å². The van der Waals surface area contributed by atoms with Crippen LogP contribution in [0.2, 0.25) is 0 Å². The Morgan fingerprint density at radius 2 is 1.91 bits per heavy atom. The first-order chi connectivity index (χ1) is 11.2. The summed E-state index contributed by atoms with van der Waals surface area (Å²) in [7, 11) is 0. The van der Waals surface area contributed by atoms with E-state index in [2.05, 4.69) is 5.32 Å². The maximum absolute atomic E-state index is 13.4. The van der Waals surface area contributed by atoms with Gasteiger partial charge in [0, 0.05) is 18.1 Å². The lowest BCUT2D eigenvalue weighted by Gasteiger charge is -2.08. The Bertz CT molecular complexity index is 651. The fraction of sp³-hybridized carbons (Fsp3) is 0.235. The van der Waals surface area contributed by atoms with Crippen molar-refractivity contribution in [2.24, 2.45) is 0 Å². The molecule has 0 aliphatic rings. The minimum Gasteiger partial charge on any atom is -0.504 e. The van der Waals surface area contributed by atoms with Crippen molar-refractivity contribution in [2.75, 3.05) is 18.9 Å². The van der Waals surface area contributed by atoms with Crippen LogP contribution < -0.4 is 10.1 Å². The lowest BCUT2D eigenvalue weighted by atomic mass is 10.2. The fourth-order valence-electron chi connectivity index (χ4n) is 1.83. The van der Waals surface area contributed by atoms with Gasteiger partial charge in [-0.15, -0.1) is 0 Å². The number of para-hydroxylation sites is 2. The molecule has 0 fully saturated rings. The summed E-state index contributed by atoms with van der Waals surface area (Å²) in [6.45, 7) is 0.317. The second kappa shape index (κ2) is 9.05. The molecule has 2 N–H and O–H groups in total. The van der Waals surface area contributed by atoms with Gasteiger partial charge in [0.1, 0.15) is 5.82 Å². The van der Waals surface area contributed by atoms with Crippen molar-refractivity contribution in [3.63, 3.8) is 0 Å². The van der Waals surface area contributed by atoms with Gasteiger partial charge in [0.15, 0.2) is 18.1 Å². The third kappa shape index (κ3) is 5.83. The number of rotatable bonds is 8. The van der Waals surface area contributed by atoms with Gasteiger partial charge >= 0.3 is 0 Å². The molecule has 0 atom stereocenters. The van der Waals surface area contributed by atoms with Gasteiger partial charge in [-0.25, -0.2) is 4.39 Å². The molecule has 0 radical (unpaired) electrons. The third-order valence-electron chi connectivity index (χ3n) is 3.01. The minimum absolute atomic E-state index is 0.000688. The maximum Gasteiger partial charge on any atom is 0.257 e. The van der Waals surface area contributed by atoms with Crippen LogP contribution in [0.3, 0.4) is 0 Å². The molecule has 2 aromatic carbocycles. The van der Waals surface area contributed by atoms with Crippen molar-refractivity contribution in [2.45, 2.75) is 5.75 Å². The van der Waals surface area contributed by atoms with Crippen LogP contribution in [-0.4, -0.2) is 29.9 Å². The highest BCUT2D eigenvalue weighted by Gasteiger charge is 2.05. The molecular formula is C17H18FNO3S. The van der Waals surface area contributed by atoms with E-state index in [4.69, 9.17) is 4.74 Å². The van der Waals surface area contributed by atoms with E-state index in [0.29, 0.717) is 23.6 Å². The standard InChI is InChI=1S/C17H18FNO3S/c18-14-6-2-1-5-13(14)12-23-10-9-19-17(21)11-22-16-8-4-3-7-15(16)20/h1-8,20H,9-12H2,(H,19,21). The van der Waals surface area contributed by atoms with Crippen molar-refractivity contribution < 1.29 is 19.0 Å². The molecule has 0 bridgehead atoms. The quantitative estimate of drug-likeness (QED) is 0.728. The van der Waals surface area contributed by atoms with Crippen LogP contribution >= 0.6 is 11.8 Å². The summed E-state index contributed by atoms with van der Waals surface area (Å²) in [5, 5.41) is 12.2. The number of phenolic OH excluding ortho intramolecular Hbond substituents is 1. The number of amides is 1. The van der Waals surface area contributed by atoms with Crippen LogP contribution in [0.5, 0.6) is 11.5 Å². The summed E-state index contributed by atoms with van der Waals surface area (Å²) in [6, 6.07) is 13.1. The summed E-state index contributed by atoms with van der Waals surface area (Å²) in [6.07, 6.45) is 0. The zero-order valence-electron chi connectivity index (χ0n) is 12.5. The number of phenols is 1. The lowest BCUT2D eigenvalue weighted by molar-refractivity contribution is -0.122. The number of thioether (sulfide) groups is 1. The predicted molar refractivity (Wildman–Crippen MR) is 89.2 cm³/mol. The van der Waals surface area contributed by atoms with E-state index in [-0.39, 0.29) is 29.8 Å². The third-order valence-corrected chi connectivity index (χ3v) is 4.02. The molecule has 1 amide bonds. The van der Waals surface area contributed by atoms with Gasteiger partial charge in [0.05, 0.1) is 0 Å². The zero-order chi connectivity index (χ0) is 16.5. The Balaban J connectivity index is 1.60. The predicted octanol–water partition coefficient (Wildman–Crippen LogP) is 2.96. The Labute approximate surface area is 138 Å². The van der Waals surface area contributed by atoms with Crippen LogP contribution in [0.15, 0.2) is 48.5 Å². The van der Waals surface area contributed by atoms with Crippen molar-refractivity contribution in [1.29, 1.82) is 0 Å². The van der Waals surface area contributed by atoms with E-state index < -0.39 is 0 Å². The highest BCUT2D eigenvalue weighted by Crippen LogP contribution is 2.23. The molecule has 23 heavy (non-hydrogen) atoms. The smallest absolute Gasteiger partial charge is 0.257 e. The number of ether oxygens (including phenoxy) is 1. The molecule has 0 aliphatic heterocycles. The van der Waals surface area contributed by atoms with Gasteiger partial charge in [0.2, 0.25) is 0 Å². The minimum atomic E-state index is -0.264. The van der Waals surface area contributed by atoms with Gasteiger partial charge in [-0.1, -0.05) is 30.3 Å². The number of carbonyl (C=O) groups is 1. The Morgan fingerprint density at radius 3 is 2.70 bits per heavy atom. The number of halogens is 1. The number of hydrogen-bond acceptors (Lipinski definition) is 4. The average molecular weight is 335 g/mol. The van der Waals surface area contributed by atoms with Crippen LogP contribution in [0.4, 0.5) is 4.39 Å². The molecule has 0 heterocycles. The first kappa shape index (κ1) is 17.1. The van der Waals surface area contributed by atoms with E-state index in [9.17, 15) is 14.3 Å². The molecule has 2 aromatic rings. The van der Waals surface area contributed by atoms with E-state index >= 15 is 0 Å². The average Bonchev–Trinajstić information content (AvgIpc) is 2.55. The van der Waals surface area contributed by atoms with E-state index in [0.717, 1.165) is 0 Å². The van der Waals surface area contributed by atoms with Crippen molar-refractivity contribution in [1.82, 2.24) is 5.32 Å². The largest absolute Gasteiger partial charge is 0.504 e. The normalized spacial score (nSPS) is 10.3. The first-order valence-electron chi connectivity index (χ1n) is 7.15. The van der Waals surface area contributed by atoms with Crippen molar-refractivity contribution in [3.8, 4) is 11.5 Å². The maximum atomic E-state index is 13.4. The molecule has 0 aliphatic carbocycles. The van der Waals surface area contributed by atoms with Crippen molar-refractivity contribution in [3.05, 3.63) is 59.9 Å². The Hall–Kier alpha value is -2.21. The number of nitrogens with one attached hydrogen (secondary N) is 1. The number of hydrogen-bond donors (Lipinski definition) is 2. The highest BCUT2D eigenvalue weighted by atomic mass is 32.2. The molecule has 122 valence electrons. The van der Waals surface area contributed by atoms with Crippen LogP contribution in [0.25, 0.3) is 0 Å². The van der Waals surface area contributed by atoms with Crippen LogP contribution in [0.1, 0.15) is 5.56 Å². The SMILES string of the molecule is O=C(COc1ccccc1O)NCCSCc1ccccc1F. The monoisotopic (exact) mass is 335 g/mol. The number of carbonyl (C=O) groups excluding carboxylic acids is 1. The summed E-state index contributed by atoms with van der Waals surface area (Å²) in [5.74, 6) is 1.05. The lowest BCUT2D eigenvalue weighted by Crippen LogP contribution is -2.30. The number of benzene rings is 2. The molecule has 0 saturated carbocycles. The molecule has 6 heteroatoms. The topological polar surface area (TPSA) is 58.6 Å². The zero-order valence-corrected chi connectivity index (χ0v) is 13.3. The summed E-state index contributed by atoms with van der Waals surface area (Å²) in [5.41, 5.74) is 0.659. The van der Waals surface area contributed by atoms with Gasteiger partial charge in [-0.3, -0.25) is 4.79 Å². The molecule has 0 spiro atoms. The molecular weight excluding hydrogens is 317 g/mol. The molecule has 0 unspecified atom stereocenters. The van der Waals surface area contributed by atoms with Crippen LogP contribution in [0, 0.1) is 5.82 Å². The fourth-order valence-corrected chi connectivity index (χ4v) is 2.68. The van der Waals surface area contributed by atoms with Crippen molar-refractivity contribution >= 4 is 17.7 Å².